The largest absolute Gasteiger partial charge is 0.453 e. The lowest BCUT2D eigenvalue weighted by atomic mass is 10.1. The maximum atomic E-state index is 13.7. The fourth-order valence-electron chi connectivity index (χ4n) is 1.63. The van der Waals surface area contributed by atoms with Crippen LogP contribution in [-0.4, -0.2) is 6.54 Å². The van der Waals surface area contributed by atoms with E-state index in [2.05, 4.69) is 15.9 Å². The van der Waals surface area contributed by atoms with Gasteiger partial charge in [0.05, 0.1) is 9.50 Å². The van der Waals surface area contributed by atoms with Crippen molar-refractivity contribution < 1.29 is 9.13 Å². The smallest absolute Gasteiger partial charge is 0.184 e. The highest BCUT2D eigenvalue weighted by Crippen LogP contribution is 2.33. The molecule has 100 valence electrons. The molecule has 0 aliphatic carbocycles. The van der Waals surface area contributed by atoms with Crippen LogP contribution in [0.2, 0.25) is 5.02 Å². The van der Waals surface area contributed by atoms with Gasteiger partial charge in [-0.15, -0.1) is 0 Å². The van der Waals surface area contributed by atoms with Gasteiger partial charge in [-0.25, -0.2) is 4.39 Å². The van der Waals surface area contributed by atoms with Crippen molar-refractivity contribution >= 4 is 27.5 Å². The van der Waals surface area contributed by atoms with Crippen molar-refractivity contribution in [3.05, 3.63) is 57.3 Å². The molecule has 2 aromatic rings. The minimum absolute atomic E-state index is 0.0355. The van der Waals surface area contributed by atoms with Crippen molar-refractivity contribution in [1.82, 2.24) is 0 Å². The molecular formula is C14H12BrClFNO. The zero-order chi connectivity index (χ0) is 13.8. The highest BCUT2D eigenvalue weighted by atomic mass is 79.9. The Labute approximate surface area is 124 Å². The Balaban J connectivity index is 2.26. The molecule has 2 rings (SSSR count). The summed E-state index contributed by atoms with van der Waals surface area (Å²) in [7, 11) is 0. The van der Waals surface area contributed by atoms with E-state index in [1.807, 2.05) is 12.1 Å². The number of benzene rings is 2. The molecule has 0 saturated heterocycles. The predicted octanol–water partition coefficient (Wildman–Crippen LogP) is 4.54. The first-order valence-corrected chi connectivity index (χ1v) is 6.89. The zero-order valence-corrected chi connectivity index (χ0v) is 12.3. The van der Waals surface area contributed by atoms with E-state index >= 15 is 0 Å². The zero-order valence-electron chi connectivity index (χ0n) is 10.00. The van der Waals surface area contributed by atoms with Gasteiger partial charge in [-0.1, -0.05) is 23.7 Å². The van der Waals surface area contributed by atoms with E-state index < -0.39 is 5.82 Å². The van der Waals surface area contributed by atoms with Crippen LogP contribution in [0.3, 0.4) is 0 Å². The van der Waals surface area contributed by atoms with Crippen LogP contribution in [0.4, 0.5) is 4.39 Å². The topological polar surface area (TPSA) is 35.2 Å². The van der Waals surface area contributed by atoms with E-state index in [1.165, 1.54) is 12.1 Å². The van der Waals surface area contributed by atoms with E-state index in [1.54, 1.807) is 12.1 Å². The highest BCUT2D eigenvalue weighted by molar-refractivity contribution is 9.10. The third kappa shape index (κ3) is 3.47. The Morgan fingerprint density at radius 1 is 1.21 bits per heavy atom. The minimum atomic E-state index is -0.567. The van der Waals surface area contributed by atoms with Gasteiger partial charge in [0.1, 0.15) is 5.75 Å². The maximum absolute atomic E-state index is 13.7. The van der Waals surface area contributed by atoms with Gasteiger partial charge < -0.3 is 10.5 Å². The van der Waals surface area contributed by atoms with Crippen molar-refractivity contribution in [3.8, 4) is 11.5 Å². The predicted molar refractivity (Wildman–Crippen MR) is 78.4 cm³/mol. The van der Waals surface area contributed by atoms with Crippen LogP contribution < -0.4 is 10.5 Å². The van der Waals surface area contributed by atoms with E-state index in [9.17, 15) is 4.39 Å². The van der Waals surface area contributed by atoms with Crippen LogP contribution >= 0.6 is 27.5 Å². The first-order valence-electron chi connectivity index (χ1n) is 5.72. The Hall–Kier alpha value is -1.10. The van der Waals surface area contributed by atoms with Crippen LogP contribution in [0.25, 0.3) is 0 Å². The number of halogens is 3. The minimum Gasteiger partial charge on any atom is -0.453 e. The fourth-order valence-corrected chi connectivity index (χ4v) is 2.30. The van der Waals surface area contributed by atoms with Crippen molar-refractivity contribution in [1.29, 1.82) is 0 Å². The Kier molecular flexibility index (Phi) is 4.80. The van der Waals surface area contributed by atoms with Crippen LogP contribution in [0, 0.1) is 5.82 Å². The van der Waals surface area contributed by atoms with Crippen molar-refractivity contribution in [2.75, 3.05) is 6.54 Å². The van der Waals surface area contributed by atoms with Crippen molar-refractivity contribution in [2.45, 2.75) is 6.42 Å². The molecular weight excluding hydrogens is 333 g/mol. The molecule has 5 heteroatoms. The summed E-state index contributed by atoms with van der Waals surface area (Å²) >= 11 is 9.10. The van der Waals surface area contributed by atoms with E-state index in [-0.39, 0.29) is 10.8 Å². The second-order valence-corrected chi connectivity index (χ2v) is 5.22. The molecule has 0 amide bonds. The normalized spacial score (nSPS) is 10.5. The Morgan fingerprint density at radius 3 is 2.68 bits per heavy atom. The van der Waals surface area contributed by atoms with Crippen molar-refractivity contribution in [2.24, 2.45) is 5.73 Å². The molecule has 2 aromatic carbocycles. The van der Waals surface area contributed by atoms with Crippen LogP contribution in [-0.2, 0) is 6.42 Å². The SMILES string of the molecule is NCCc1ccc(Oc2cccc(Cl)c2F)c(Br)c1. The number of nitrogens with two attached hydrogens (primary N) is 1. The average molecular weight is 345 g/mol. The molecule has 0 fully saturated rings. The van der Waals surface area contributed by atoms with Gasteiger partial charge in [0.2, 0.25) is 0 Å². The van der Waals surface area contributed by atoms with Gasteiger partial charge in [-0.3, -0.25) is 0 Å². The Morgan fingerprint density at radius 2 is 2.00 bits per heavy atom. The molecule has 0 radical (unpaired) electrons. The summed E-state index contributed by atoms with van der Waals surface area (Å²) < 4.78 is 20.0. The van der Waals surface area contributed by atoms with Crippen LogP contribution in [0.15, 0.2) is 40.9 Å². The quantitative estimate of drug-likeness (QED) is 0.884. The maximum Gasteiger partial charge on any atom is 0.184 e. The first-order chi connectivity index (χ1) is 9.11. The molecule has 0 aliphatic heterocycles. The summed E-state index contributed by atoms with van der Waals surface area (Å²) in [5.41, 5.74) is 6.59. The number of ether oxygens (including phenoxy) is 1. The number of rotatable bonds is 4. The molecule has 0 unspecified atom stereocenters. The molecule has 0 atom stereocenters. The summed E-state index contributed by atoms with van der Waals surface area (Å²) in [6.45, 7) is 0.579. The average Bonchev–Trinajstić information content (AvgIpc) is 2.38. The summed E-state index contributed by atoms with van der Waals surface area (Å²) in [5, 5.41) is 0.0355. The molecule has 0 bridgehead atoms. The number of hydrogen-bond donors (Lipinski definition) is 1. The van der Waals surface area contributed by atoms with Gasteiger partial charge in [0.15, 0.2) is 11.6 Å². The van der Waals surface area contributed by atoms with Crippen LogP contribution in [0.1, 0.15) is 5.56 Å². The summed E-state index contributed by atoms with van der Waals surface area (Å²) in [6, 6.07) is 10.2. The van der Waals surface area contributed by atoms with E-state index in [4.69, 9.17) is 22.1 Å². The van der Waals surface area contributed by atoms with Gasteiger partial charge in [0.25, 0.3) is 0 Å². The second-order valence-electron chi connectivity index (χ2n) is 3.96. The van der Waals surface area contributed by atoms with E-state index in [0.717, 1.165) is 16.5 Å². The van der Waals surface area contributed by atoms with Gasteiger partial charge in [0, 0.05) is 0 Å². The van der Waals surface area contributed by atoms with Gasteiger partial charge >= 0.3 is 0 Å². The second kappa shape index (κ2) is 6.37. The molecule has 0 spiro atoms. The molecule has 2 nitrogen and oxygen atoms in total. The standard InChI is InChI=1S/C14H12BrClFNO/c15-10-8-9(6-7-18)4-5-12(10)19-13-3-1-2-11(16)14(13)17/h1-5,8H,6-7,18H2. The van der Waals surface area contributed by atoms with E-state index in [0.29, 0.717) is 12.3 Å². The summed E-state index contributed by atoms with van der Waals surface area (Å²) in [4.78, 5) is 0. The lowest BCUT2D eigenvalue weighted by Gasteiger charge is -2.10. The lowest BCUT2D eigenvalue weighted by Crippen LogP contribution is -2.02. The van der Waals surface area contributed by atoms with Gasteiger partial charge in [-0.2, -0.15) is 0 Å². The first kappa shape index (κ1) is 14.3. The lowest BCUT2D eigenvalue weighted by molar-refractivity contribution is 0.440. The third-order valence-corrected chi connectivity index (χ3v) is 3.48. The van der Waals surface area contributed by atoms with Gasteiger partial charge in [-0.05, 0) is 58.7 Å². The summed E-state index contributed by atoms with van der Waals surface area (Å²) in [6.07, 6.45) is 0.782. The number of hydrogen-bond acceptors (Lipinski definition) is 2. The summed E-state index contributed by atoms with van der Waals surface area (Å²) in [5.74, 6) is 0.0591. The molecule has 0 heterocycles. The van der Waals surface area contributed by atoms with Crippen LogP contribution in [0.5, 0.6) is 11.5 Å². The molecule has 0 aliphatic rings. The molecule has 19 heavy (non-hydrogen) atoms. The molecule has 0 aromatic heterocycles. The monoisotopic (exact) mass is 343 g/mol. The van der Waals surface area contributed by atoms with Crippen molar-refractivity contribution in [3.63, 3.8) is 0 Å². The molecule has 2 N–H and O–H groups in total. The molecule has 0 saturated carbocycles. The Bertz CT molecular complexity index is 592. The highest BCUT2D eigenvalue weighted by Gasteiger charge is 2.10. The fraction of sp³-hybridized carbons (Fsp3) is 0.143. The third-order valence-electron chi connectivity index (χ3n) is 2.57.